The van der Waals surface area contributed by atoms with E-state index in [0.29, 0.717) is 28.4 Å². The number of rotatable bonds is 8. The van der Waals surface area contributed by atoms with Crippen molar-refractivity contribution in [3.05, 3.63) is 52.1 Å². The second-order valence-corrected chi connectivity index (χ2v) is 6.65. The first kappa shape index (κ1) is 22.1. The van der Waals surface area contributed by atoms with Crippen LogP contribution in [0.25, 0.3) is 0 Å². The van der Waals surface area contributed by atoms with Crippen LogP contribution >= 0.6 is 0 Å². The number of ether oxygens (including phenoxy) is 4. The van der Waals surface area contributed by atoms with Gasteiger partial charge in [-0.15, -0.1) is 0 Å². The second kappa shape index (κ2) is 9.82. The molecule has 2 rings (SSSR count). The number of benzene rings is 2. The number of aryl methyl sites for hydroxylation is 3. The summed E-state index contributed by atoms with van der Waals surface area (Å²) in [5, 5.41) is 2.72. The molecule has 1 amide bonds. The molecule has 1 N–H and O–H groups in total. The summed E-state index contributed by atoms with van der Waals surface area (Å²) < 4.78 is 21.1. The summed E-state index contributed by atoms with van der Waals surface area (Å²) in [7, 11) is 4.59. The van der Waals surface area contributed by atoms with Gasteiger partial charge in [-0.25, -0.2) is 4.79 Å². The van der Waals surface area contributed by atoms with Gasteiger partial charge in [0.25, 0.3) is 5.91 Å². The van der Waals surface area contributed by atoms with Crippen molar-refractivity contribution in [3.63, 3.8) is 0 Å². The average molecular weight is 401 g/mol. The number of methoxy groups -OCH3 is 3. The van der Waals surface area contributed by atoms with Gasteiger partial charge in [0, 0.05) is 18.2 Å². The number of hydrogen-bond acceptors (Lipinski definition) is 6. The molecule has 0 bridgehead atoms. The lowest BCUT2D eigenvalue weighted by molar-refractivity contribution is -0.124. The van der Waals surface area contributed by atoms with E-state index in [2.05, 4.69) is 5.32 Å². The number of carbonyl (C=O) groups excluding carboxylic acids is 2. The van der Waals surface area contributed by atoms with Crippen LogP contribution in [0.1, 0.15) is 32.6 Å². The van der Waals surface area contributed by atoms with Gasteiger partial charge in [0.2, 0.25) is 0 Å². The van der Waals surface area contributed by atoms with Crippen molar-refractivity contribution in [1.29, 1.82) is 0 Å². The molecule has 2 aromatic carbocycles. The summed E-state index contributed by atoms with van der Waals surface area (Å²) in [5.41, 5.74) is 3.91. The highest BCUT2D eigenvalue weighted by atomic mass is 16.5. The molecule has 156 valence electrons. The van der Waals surface area contributed by atoms with E-state index in [1.165, 1.54) is 21.3 Å². The summed E-state index contributed by atoms with van der Waals surface area (Å²) in [4.78, 5) is 24.5. The summed E-state index contributed by atoms with van der Waals surface area (Å²) in [6.07, 6.45) is 0. The predicted molar refractivity (Wildman–Crippen MR) is 109 cm³/mol. The van der Waals surface area contributed by atoms with Gasteiger partial charge < -0.3 is 24.3 Å². The van der Waals surface area contributed by atoms with Gasteiger partial charge in [0.05, 0.1) is 26.9 Å². The number of carbonyl (C=O) groups is 2. The van der Waals surface area contributed by atoms with E-state index >= 15 is 0 Å². The molecule has 0 unspecified atom stereocenters. The first-order chi connectivity index (χ1) is 13.8. The standard InChI is InChI=1S/C22H27NO6/c1-13-7-14(2)21(15(3)8-13)22(25)29-12-20(24)23-11-16-9-18(27-5)19(28-6)10-17(16)26-4/h7-10H,11-12H2,1-6H3,(H,23,24). The molecule has 0 radical (unpaired) electrons. The number of hydrogen-bond donors (Lipinski definition) is 1. The van der Waals surface area contributed by atoms with Crippen molar-refractivity contribution in [2.45, 2.75) is 27.3 Å². The Morgan fingerprint density at radius 2 is 1.38 bits per heavy atom. The summed E-state index contributed by atoms with van der Waals surface area (Å²) >= 11 is 0. The number of nitrogens with one attached hydrogen (secondary N) is 1. The zero-order valence-corrected chi connectivity index (χ0v) is 17.7. The van der Waals surface area contributed by atoms with Crippen LogP contribution in [-0.4, -0.2) is 39.8 Å². The molecule has 0 aliphatic heterocycles. The Balaban J connectivity index is 1.99. The molecule has 0 atom stereocenters. The van der Waals surface area contributed by atoms with Crippen molar-refractivity contribution in [2.75, 3.05) is 27.9 Å². The Morgan fingerprint density at radius 1 is 0.828 bits per heavy atom. The minimum Gasteiger partial charge on any atom is -0.496 e. The van der Waals surface area contributed by atoms with Crippen LogP contribution in [0.4, 0.5) is 0 Å². The van der Waals surface area contributed by atoms with Gasteiger partial charge in [-0.05, 0) is 38.0 Å². The van der Waals surface area contributed by atoms with Gasteiger partial charge in [0.1, 0.15) is 5.75 Å². The van der Waals surface area contributed by atoms with Gasteiger partial charge in [0.15, 0.2) is 18.1 Å². The fraction of sp³-hybridized carbons (Fsp3) is 0.364. The molecule has 0 spiro atoms. The zero-order valence-electron chi connectivity index (χ0n) is 17.7. The van der Waals surface area contributed by atoms with Crippen molar-refractivity contribution in [1.82, 2.24) is 5.32 Å². The maximum Gasteiger partial charge on any atom is 0.339 e. The lowest BCUT2D eigenvalue weighted by atomic mass is 10.00. The van der Waals surface area contributed by atoms with Crippen molar-refractivity contribution >= 4 is 11.9 Å². The topological polar surface area (TPSA) is 83.1 Å². The molecule has 0 aliphatic rings. The zero-order chi connectivity index (χ0) is 21.6. The lowest BCUT2D eigenvalue weighted by Gasteiger charge is -2.15. The van der Waals surface area contributed by atoms with E-state index in [1.807, 2.05) is 32.9 Å². The number of amides is 1. The normalized spacial score (nSPS) is 10.3. The first-order valence-electron chi connectivity index (χ1n) is 9.11. The van der Waals surface area contributed by atoms with Crippen molar-refractivity contribution < 1.29 is 28.5 Å². The third-order valence-corrected chi connectivity index (χ3v) is 4.48. The van der Waals surface area contributed by atoms with E-state index < -0.39 is 11.9 Å². The van der Waals surface area contributed by atoms with Crippen molar-refractivity contribution in [2.24, 2.45) is 0 Å². The average Bonchev–Trinajstić information content (AvgIpc) is 2.69. The van der Waals surface area contributed by atoms with Gasteiger partial charge in [-0.3, -0.25) is 4.79 Å². The van der Waals surface area contributed by atoms with E-state index in [1.54, 1.807) is 12.1 Å². The van der Waals surface area contributed by atoms with Gasteiger partial charge in [-0.1, -0.05) is 17.7 Å². The summed E-state index contributed by atoms with van der Waals surface area (Å²) in [6, 6.07) is 7.23. The maximum atomic E-state index is 12.4. The van der Waals surface area contributed by atoms with Crippen LogP contribution in [0, 0.1) is 20.8 Å². The minimum atomic E-state index is -0.515. The molecule has 0 saturated carbocycles. The quantitative estimate of drug-likeness (QED) is 0.685. The molecule has 2 aromatic rings. The molecule has 0 aromatic heterocycles. The fourth-order valence-corrected chi connectivity index (χ4v) is 3.18. The molecule has 7 nitrogen and oxygen atoms in total. The molecule has 0 aliphatic carbocycles. The lowest BCUT2D eigenvalue weighted by Crippen LogP contribution is -2.28. The fourth-order valence-electron chi connectivity index (χ4n) is 3.18. The van der Waals surface area contributed by atoms with Gasteiger partial charge in [-0.2, -0.15) is 0 Å². The van der Waals surface area contributed by atoms with E-state index in [-0.39, 0.29) is 13.2 Å². The smallest absolute Gasteiger partial charge is 0.339 e. The summed E-state index contributed by atoms with van der Waals surface area (Å²) in [5.74, 6) is 0.661. The minimum absolute atomic E-state index is 0.183. The molecular formula is C22H27NO6. The molecule has 29 heavy (non-hydrogen) atoms. The van der Waals surface area contributed by atoms with E-state index in [0.717, 1.165) is 16.7 Å². The number of esters is 1. The predicted octanol–water partition coefficient (Wildman–Crippen LogP) is 3.11. The Kier molecular flexibility index (Phi) is 7.47. The Labute approximate surface area is 170 Å². The maximum absolute atomic E-state index is 12.4. The molecule has 7 heteroatoms. The van der Waals surface area contributed by atoms with Crippen LogP contribution < -0.4 is 19.5 Å². The van der Waals surface area contributed by atoms with E-state index in [4.69, 9.17) is 18.9 Å². The first-order valence-corrected chi connectivity index (χ1v) is 9.11. The van der Waals surface area contributed by atoms with Crippen LogP contribution in [0.2, 0.25) is 0 Å². The van der Waals surface area contributed by atoms with Crippen LogP contribution in [0.15, 0.2) is 24.3 Å². The third kappa shape index (κ3) is 5.40. The van der Waals surface area contributed by atoms with Crippen LogP contribution in [0.3, 0.4) is 0 Å². The van der Waals surface area contributed by atoms with E-state index in [9.17, 15) is 9.59 Å². The monoisotopic (exact) mass is 401 g/mol. The van der Waals surface area contributed by atoms with Gasteiger partial charge >= 0.3 is 5.97 Å². The Morgan fingerprint density at radius 3 is 1.93 bits per heavy atom. The highest BCUT2D eigenvalue weighted by Gasteiger charge is 2.17. The Hall–Kier alpha value is -3.22. The molecule has 0 fully saturated rings. The summed E-state index contributed by atoms with van der Waals surface area (Å²) in [6.45, 7) is 5.47. The van der Waals surface area contributed by atoms with Crippen LogP contribution in [-0.2, 0) is 16.1 Å². The SMILES string of the molecule is COc1cc(OC)c(OC)cc1CNC(=O)COC(=O)c1c(C)cc(C)cc1C. The van der Waals surface area contributed by atoms with Crippen LogP contribution in [0.5, 0.6) is 17.2 Å². The molecule has 0 heterocycles. The largest absolute Gasteiger partial charge is 0.496 e. The highest BCUT2D eigenvalue weighted by molar-refractivity contribution is 5.94. The molecule has 0 saturated heterocycles. The second-order valence-electron chi connectivity index (χ2n) is 6.65. The van der Waals surface area contributed by atoms with Crippen molar-refractivity contribution in [3.8, 4) is 17.2 Å². The highest BCUT2D eigenvalue weighted by Crippen LogP contribution is 2.34. The Bertz CT molecular complexity index is 883. The third-order valence-electron chi connectivity index (χ3n) is 4.48. The molecular weight excluding hydrogens is 374 g/mol.